The van der Waals surface area contributed by atoms with Crippen LogP contribution in [0.1, 0.15) is 22.3 Å². The van der Waals surface area contributed by atoms with Gasteiger partial charge in [-0.25, -0.2) is 0 Å². The molecule has 0 aromatic heterocycles. The molecule has 0 bridgehead atoms. The summed E-state index contributed by atoms with van der Waals surface area (Å²) in [6.45, 7) is 0. The molecule has 1 spiro atoms. The van der Waals surface area contributed by atoms with Crippen molar-refractivity contribution in [2.45, 2.75) is 15.2 Å². The van der Waals surface area contributed by atoms with Crippen molar-refractivity contribution in [1.29, 1.82) is 0 Å². The van der Waals surface area contributed by atoms with Gasteiger partial charge < -0.3 is 0 Å². The van der Waals surface area contributed by atoms with Gasteiger partial charge in [0, 0.05) is 15.2 Å². The molecule has 8 aromatic carbocycles. The van der Waals surface area contributed by atoms with E-state index in [1.807, 2.05) is 11.8 Å². The summed E-state index contributed by atoms with van der Waals surface area (Å²) < 4.78 is 0. The first-order chi connectivity index (χ1) is 22.8. The van der Waals surface area contributed by atoms with E-state index in [1.165, 1.54) is 98.1 Å². The summed E-state index contributed by atoms with van der Waals surface area (Å²) in [5, 5.41) is 5.28. The molecule has 1 heterocycles. The van der Waals surface area contributed by atoms with Crippen LogP contribution in [0.4, 0.5) is 0 Å². The van der Waals surface area contributed by atoms with Gasteiger partial charge in [0.1, 0.15) is 0 Å². The van der Waals surface area contributed by atoms with Crippen molar-refractivity contribution < 1.29 is 0 Å². The quantitative estimate of drug-likeness (QED) is 0.181. The van der Waals surface area contributed by atoms with Crippen molar-refractivity contribution in [1.82, 2.24) is 0 Å². The fourth-order valence-corrected chi connectivity index (χ4v) is 10.1. The molecule has 212 valence electrons. The lowest BCUT2D eigenvalue weighted by atomic mass is 9.67. The van der Waals surface area contributed by atoms with Gasteiger partial charge >= 0.3 is 0 Å². The van der Waals surface area contributed by atoms with E-state index in [0.29, 0.717) is 0 Å². The van der Waals surface area contributed by atoms with Crippen molar-refractivity contribution in [2.24, 2.45) is 0 Å². The molecule has 1 aliphatic heterocycles. The lowest BCUT2D eigenvalue weighted by Crippen LogP contribution is -2.27. The van der Waals surface area contributed by atoms with Gasteiger partial charge in [0.05, 0.1) is 5.41 Å². The summed E-state index contributed by atoms with van der Waals surface area (Å²) in [5.41, 5.74) is 15.7. The fraction of sp³-hybridized carbons (Fsp3) is 0.0222. The van der Waals surface area contributed by atoms with Crippen LogP contribution in [0.2, 0.25) is 0 Å². The second-order valence-corrected chi connectivity index (χ2v) is 13.8. The monoisotopic (exact) mass is 598 g/mol. The summed E-state index contributed by atoms with van der Waals surface area (Å²) in [4.78, 5) is 2.66. The molecule has 2 aliphatic carbocycles. The average Bonchev–Trinajstić information content (AvgIpc) is 3.59. The minimum atomic E-state index is -0.433. The van der Waals surface area contributed by atoms with Crippen LogP contribution in [0.15, 0.2) is 168 Å². The maximum absolute atomic E-state index is 2.47. The number of benzene rings is 8. The Morgan fingerprint density at radius 2 is 0.978 bits per heavy atom. The SMILES string of the molecule is c1ccc2c(c1)Sc1cccc3cc(-c4cccc5c4C4(c6ccccc6-5)c5ccccc5-c5ccc6ccccc6c54)cc-2c13. The first-order valence-electron chi connectivity index (χ1n) is 16.0. The molecule has 11 rings (SSSR count). The molecule has 0 saturated carbocycles. The Bertz CT molecular complexity index is 2610. The Labute approximate surface area is 272 Å². The standard InChI is InChI=1S/C45H26S/c1-2-13-30-27(11-1)23-24-36-33-15-4-7-20-39(33)45(43(30)36)38-19-6-3-14-32(38)35-18-10-17-31(44(35)45)29-25-28-12-9-22-41-42(28)37(26-29)34-16-5-8-21-40(34)46-41/h1-26H. The van der Waals surface area contributed by atoms with Gasteiger partial charge in [-0.05, 0) is 107 Å². The highest BCUT2D eigenvalue weighted by Gasteiger charge is 2.53. The molecule has 0 fully saturated rings. The molecule has 1 heteroatoms. The topological polar surface area (TPSA) is 0 Å². The zero-order valence-corrected chi connectivity index (χ0v) is 25.7. The second-order valence-electron chi connectivity index (χ2n) is 12.8. The maximum Gasteiger partial charge on any atom is 0.0737 e. The first kappa shape index (κ1) is 24.9. The summed E-state index contributed by atoms with van der Waals surface area (Å²) in [6.07, 6.45) is 0. The molecular weight excluding hydrogens is 573 g/mol. The highest BCUT2D eigenvalue weighted by molar-refractivity contribution is 7.99. The van der Waals surface area contributed by atoms with Crippen LogP contribution in [0.5, 0.6) is 0 Å². The third kappa shape index (κ3) is 2.97. The zero-order chi connectivity index (χ0) is 30.0. The van der Waals surface area contributed by atoms with Crippen LogP contribution in [0.25, 0.3) is 66.1 Å². The molecule has 0 N–H and O–H groups in total. The van der Waals surface area contributed by atoms with Gasteiger partial charge in [0.2, 0.25) is 0 Å². The van der Waals surface area contributed by atoms with Crippen LogP contribution in [0.3, 0.4) is 0 Å². The third-order valence-electron chi connectivity index (χ3n) is 10.6. The molecule has 8 aromatic rings. The average molecular weight is 599 g/mol. The van der Waals surface area contributed by atoms with Crippen molar-refractivity contribution in [2.75, 3.05) is 0 Å². The van der Waals surface area contributed by atoms with Crippen LogP contribution in [0, 0.1) is 0 Å². The van der Waals surface area contributed by atoms with Gasteiger partial charge in [0.25, 0.3) is 0 Å². The molecule has 0 radical (unpaired) electrons. The Hall–Kier alpha value is -5.37. The van der Waals surface area contributed by atoms with E-state index in [-0.39, 0.29) is 0 Å². The van der Waals surface area contributed by atoms with Crippen LogP contribution in [-0.4, -0.2) is 0 Å². The Kier molecular flexibility index (Phi) is 4.80. The van der Waals surface area contributed by atoms with Crippen LogP contribution < -0.4 is 0 Å². The van der Waals surface area contributed by atoms with E-state index in [0.717, 1.165) is 0 Å². The maximum atomic E-state index is 2.47. The largest absolute Gasteiger partial charge is 0.0888 e. The fourth-order valence-electron chi connectivity index (χ4n) is 8.96. The Morgan fingerprint density at radius 1 is 0.370 bits per heavy atom. The minimum absolute atomic E-state index is 0.433. The van der Waals surface area contributed by atoms with Crippen molar-refractivity contribution in [3.63, 3.8) is 0 Å². The van der Waals surface area contributed by atoms with E-state index in [1.54, 1.807) is 0 Å². The molecule has 3 aliphatic rings. The number of hydrogen-bond acceptors (Lipinski definition) is 1. The van der Waals surface area contributed by atoms with E-state index in [9.17, 15) is 0 Å². The molecule has 46 heavy (non-hydrogen) atoms. The summed E-state index contributed by atoms with van der Waals surface area (Å²) >= 11 is 1.89. The van der Waals surface area contributed by atoms with Crippen molar-refractivity contribution in [3.05, 3.63) is 180 Å². The molecule has 1 unspecified atom stereocenters. The minimum Gasteiger partial charge on any atom is -0.0888 e. The molecule has 0 nitrogen and oxygen atoms in total. The van der Waals surface area contributed by atoms with Gasteiger partial charge in [-0.3, -0.25) is 0 Å². The molecular formula is C45H26S. The van der Waals surface area contributed by atoms with Crippen molar-refractivity contribution >= 4 is 33.3 Å². The van der Waals surface area contributed by atoms with E-state index in [2.05, 4.69) is 158 Å². The summed E-state index contributed by atoms with van der Waals surface area (Å²) in [6, 6.07) is 59.5. The van der Waals surface area contributed by atoms with Crippen LogP contribution >= 0.6 is 11.8 Å². The molecule has 0 saturated heterocycles. The van der Waals surface area contributed by atoms with Gasteiger partial charge in [-0.2, -0.15) is 0 Å². The predicted molar refractivity (Wildman–Crippen MR) is 193 cm³/mol. The first-order valence-corrected chi connectivity index (χ1v) is 16.8. The van der Waals surface area contributed by atoms with Crippen molar-refractivity contribution in [3.8, 4) is 44.5 Å². The number of fused-ring (bicyclic) bond motifs is 14. The van der Waals surface area contributed by atoms with E-state index in [4.69, 9.17) is 0 Å². The number of hydrogen-bond donors (Lipinski definition) is 0. The van der Waals surface area contributed by atoms with E-state index < -0.39 is 5.41 Å². The lowest BCUT2D eigenvalue weighted by molar-refractivity contribution is 0.803. The van der Waals surface area contributed by atoms with Gasteiger partial charge in [-0.15, -0.1) is 0 Å². The normalized spacial score (nSPS) is 16.3. The Balaban J connectivity index is 1.31. The lowest BCUT2D eigenvalue weighted by Gasteiger charge is -2.33. The summed E-state index contributed by atoms with van der Waals surface area (Å²) in [5.74, 6) is 0. The van der Waals surface area contributed by atoms with E-state index >= 15 is 0 Å². The molecule has 0 amide bonds. The smallest absolute Gasteiger partial charge is 0.0737 e. The van der Waals surface area contributed by atoms with Gasteiger partial charge in [0.15, 0.2) is 0 Å². The summed E-state index contributed by atoms with van der Waals surface area (Å²) in [7, 11) is 0. The highest BCUT2D eigenvalue weighted by atomic mass is 32.2. The van der Waals surface area contributed by atoms with Gasteiger partial charge in [-0.1, -0.05) is 145 Å². The third-order valence-corrected chi connectivity index (χ3v) is 11.8. The predicted octanol–water partition coefficient (Wildman–Crippen LogP) is 12.1. The highest BCUT2D eigenvalue weighted by Crippen LogP contribution is 2.65. The Morgan fingerprint density at radius 3 is 1.83 bits per heavy atom. The number of rotatable bonds is 1. The zero-order valence-electron chi connectivity index (χ0n) is 24.9. The van der Waals surface area contributed by atoms with Crippen LogP contribution in [-0.2, 0) is 5.41 Å². The molecule has 1 atom stereocenters. The second kappa shape index (κ2) is 8.88.